The summed E-state index contributed by atoms with van der Waals surface area (Å²) in [6, 6.07) is 14.8. The molecule has 2 saturated heterocycles. The van der Waals surface area contributed by atoms with Gasteiger partial charge in [0.25, 0.3) is 0 Å². The zero-order chi connectivity index (χ0) is 28.0. The van der Waals surface area contributed by atoms with E-state index < -0.39 is 24.0 Å². The number of quaternary nitrogens is 1. The van der Waals surface area contributed by atoms with Crippen molar-refractivity contribution in [1.29, 1.82) is 0 Å². The van der Waals surface area contributed by atoms with Gasteiger partial charge in [-0.15, -0.1) is 0 Å². The normalized spacial score (nSPS) is 22.8. The van der Waals surface area contributed by atoms with Gasteiger partial charge >= 0.3 is 0 Å². The standard InChI is InChI=1S/C30H40N4O5/c1-34(2,3)15-8-7-14-31-28(36)24-20-26-29(37)32-25(18-21-10-5-4-6-11-21)30(38)33(26)27(24)22-12-9-13-23(19-22)39-17-16-35/h4-6,9-13,19,24-27,35H,7-8,14-18,20H2,1-3H3,(H-,31,32,36,37)/p+1/t24-,25+,26-,27-/m1/s1. The third-order valence-corrected chi connectivity index (χ3v) is 7.40. The minimum absolute atomic E-state index is 0.124. The van der Waals surface area contributed by atoms with Crippen molar-refractivity contribution in [2.45, 2.75) is 43.8 Å². The van der Waals surface area contributed by atoms with Crippen molar-refractivity contribution in [2.75, 3.05) is 47.4 Å². The molecule has 210 valence electrons. The predicted octanol–water partition coefficient (Wildman–Crippen LogP) is 1.66. The van der Waals surface area contributed by atoms with Gasteiger partial charge in [0.15, 0.2) is 0 Å². The van der Waals surface area contributed by atoms with E-state index in [1.54, 1.807) is 17.0 Å². The molecule has 2 aliphatic rings. The van der Waals surface area contributed by atoms with Crippen LogP contribution in [-0.4, -0.2) is 91.7 Å². The molecule has 9 nitrogen and oxygen atoms in total. The number of aliphatic hydroxyl groups is 1. The summed E-state index contributed by atoms with van der Waals surface area (Å²) < 4.78 is 6.49. The highest BCUT2D eigenvalue weighted by molar-refractivity contribution is 5.99. The van der Waals surface area contributed by atoms with E-state index >= 15 is 0 Å². The monoisotopic (exact) mass is 537 g/mol. The molecule has 0 aliphatic carbocycles. The molecule has 4 atom stereocenters. The van der Waals surface area contributed by atoms with Crippen LogP contribution < -0.4 is 15.4 Å². The largest absolute Gasteiger partial charge is 0.491 e. The fourth-order valence-corrected chi connectivity index (χ4v) is 5.54. The van der Waals surface area contributed by atoms with Gasteiger partial charge in [0, 0.05) is 13.0 Å². The van der Waals surface area contributed by atoms with E-state index in [4.69, 9.17) is 4.74 Å². The number of benzene rings is 2. The lowest BCUT2D eigenvalue weighted by molar-refractivity contribution is -0.870. The first-order valence-corrected chi connectivity index (χ1v) is 13.8. The maximum Gasteiger partial charge on any atom is 0.246 e. The van der Waals surface area contributed by atoms with Gasteiger partial charge in [-0.3, -0.25) is 14.4 Å². The lowest BCUT2D eigenvalue weighted by Gasteiger charge is -2.38. The zero-order valence-corrected chi connectivity index (χ0v) is 23.1. The molecule has 0 unspecified atom stereocenters. The third kappa shape index (κ3) is 7.16. The average Bonchev–Trinajstić information content (AvgIpc) is 3.32. The Morgan fingerprint density at radius 2 is 1.87 bits per heavy atom. The Kier molecular flexibility index (Phi) is 9.24. The zero-order valence-electron chi connectivity index (χ0n) is 23.1. The number of nitrogens with zero attached hydrogens (tertiary/aromatic N) is 2. The number of hydrogen-bond acceptors (Lipinski definition) is 5. The molecular formula is C30H41N4O5+. The number of carbonyl (C=O) groups is 3. The number of hydrogen-bond donors (Lipinski definition) is 3. The quantitative estimate of drug-likeness (QED) is 0.282. The molecule has 0 bridgehead atoms. The number of amides is 3. The van der Waals surface area contributed by atoms with Gasteiger partial charge in [0.05, 0.1) is 46.3 Å². The number of fused-ring (bicyclic) bond motifs is 1. The molecule has 0 aromatic heterocycles. The van der Waals surface area contributed by atoms with Crippen LogP contribution >= 0.6 is 0 Å². The summed E-state index contributed by atoms with van der Waals surface area (Å²) in [6.45, 7) is 1.57. The van der Waals surface area contributed by atoms with Gasteiger partial charge in [-0.1, -0.05) is 42.5 Å². The van der Waals surface area contributed by atoms with Crippen molar-refractivity contribution in [1.82, 2.24) is 15.5 Å². The van der Waals surface area contributed by atoms with Gasteiger partial charge in [-0.05, 0) is 42.5 Å². The van der Waals surface area contributed by atoms with E-state index in [2.05, 4.69) is 31.8 Å². The Morgan fingerprint density at radius 3 is 2.59 bits per heavy atom. The smallest absolute Gasteiger partial charge is 0.246 e. The van der Waals surface area contributed by atoms with Gasteiger partial charge in [-0.2, -0.15) is 0 Å². The van der Waals surface area contributed by atoms with Crippen molar-refractivity contribution in [3.05, 3.63) is 65.7 Å². The highest BCUT2D eigenvalue weighted by atomic mass is 16.5. The van der Waals surface area contributed by atoms with Gasteiger partial charge in [0.2, 0.25) is 17.7 Å². The van der Waals surface area contributed by atoms with Crippen LogP contribution in [0.25, 0.3) is 0 Å². The number of piperazine rings is 1. The lowest BCUT2D eigenvalue weighted by atomic mass is 9.92. The van der Waals surface area contributed by atoms with E-state index in [0.717, 1.165) is 35.0 Å². The molecule has 9 heteroatoms. The van der Waals surface area contributed by atoms with Crippen LogP contribution in [0.2, 0.25) is 0 Å². The molecule has 2 aliphatic heterocycles. The Morgan fingerprint density at radius 1 is 1.10 bits per heavy atom. The van der Waals surface area contributed by atoms with Crippen LogP contribution in [0.3, 0.4) is 0 Å². The molecule has 3 N–H and O–H groups in total. The number of unbranched alkanes of at least 4 members (excludes halogenated alkanes) is 1. The predicted molar refractivity (Wildman–Crippen MR) is 148 cm³/mol. The van der Waals surface area contributed by atoms with Crippen LogP contribution in [0.4, 0.5) is 0 Å². The molecule has 2 aromatic rings. The number of ether oxygens (including phenoxy) is 1. The summed E-state index contributed by atoms with van der Waals surface area (Å²) in [4.78, 5) is 42.3. The highest BCUT2D eigenvalue weighted by Crippen LogP contribution is 2.44. The van der Waals surface area contributed by atoms with E-state index in [1.807, 2.05) is 42.5 Å². The van der Waals surface area contributed by atoms with E-state index in [-0.39, 0.29) is 37.4 Å². The molecule has 39 heavy (non-hydrogen) atoms. The summed E-state index contributed by atoms with van der Waals surface area (Å²) in [7, 11) is 6.43. The number of aliphatic hydroxyl groups excluding tert-OH is 1. The molecule has 2 aromatic carbocycles. The van der Waals surface area contributed by atoms with Crippen LogP contribution in [0.5, 0.6) is 5.75 Å². The second kappa shape index (κ2) is 12.6. The molecule has 0 saturated carbocycles. The van der Waals surface area contributed by atoms with Crippen LogP contribution in [0, 0.1) is 5.92 Å². The first kappa shape index (κ1) is 28.6. The van der Waals surface area contributed by atoms with E-state index in [9.17, 15) is 19.5 Å². The average molecular weight is 538 g/mol. The summed E-state index contributed by atoms with van der Waals surface area (Å²) in [6.07, 6.45) is 2.48. The third-order valence-electron chi connectivity index (χ3n) is 7.40. The van der Waals surface area contributed by atoms with Crippen molar-refractivity contribution < 1.29 is 28.7 Å². The van der Waals surface area contributed by atoms with Crippen molar-refractivity contribution >= 4 is 17.7 Å². The molecule has 0 spiro atoms. The maximum atomic E-state index is 13.9. The summed E-state index contributed by atoms with van der Waals surface area (Å²) >= 11 is 0. The van der Waals surface area contributed by atoms with Gasteiger partial charge < -0.3 is 29.9 Å². The molecular weight excluding hydrogens is 496 g/mol. The van der Waals surface area contributed by atoms with Crippen LogP contribution in [0.15, 0.2) is 54.6 Å². The Balaban J connectivity index is 1.57. The molecule has 2 fully saturated rings. The molecule has 2 heterocycles. The van der Waals surface area contributed by atoms with E-state index in [0.29, 0.717) is 18.7 Å². The SMILES string of the molecule is C[N+](C)(C)CCCCNC(=O)[C@@H]1C[C@@H]2C(=O)N[C@@H](Cc3ccccc3)C(=O)N2[C@@H]1c1cccc(OCCO)c1. The number of nitrogens with one attached hydrogen (secondary N) is 2. The Bertz CT molecular complexity index is 1150. The molecule has 4 rings (SSSR count). The Labute approximate surface area is 230 Å². The second-order valence-electron chi connectivity index (χ2n) is 11.5. The summed E-state index contributed by atoms with van der Waals surface area (Å²) in [5, 5.41) is 15.2. The van der Waals surface area contributed by atoms with Crippen LogP contribution in [-0.2, 0) is 20.8 Å². The fourth-order valence-electron chi connectivity index (χ4n) is 5.54. The molecule has 3 amide bonds. The highest BCUT2D eigenvalue weighted by Gasteiger charge is 2.54. The van der Waals surface area contributed by atoms with Gasteiger partial charge in [-0.25, -0.2) is 0 Å². The summed E-state index contributed by atoms with van der Waals surface area (Å²) in [5.41, 5.74) is 1.69. The van der Waals surface area contributed by atoms with Crippen LogP contribution in [0.1, 0.15) is 36.4 Å². The van der Waals surface area contributed by atoms with Crippen molar-refractivity contribution in [2.24, 2.45) is 5.92 Å². The topological polar surface area (TPSA) is 108 Å². The minimum Gasteiger partial charge on any atom is -0.491 e. The minimum atomic E-state index is -0.717. The molecule has 0 radical (unpaired) electrons. The second-order valence-corrected chi connectivity index (χ2v) is 11.5. The number of rotatable bonds is 12. The Hall–Kier alpha value is -3.43. The number of carbonyl (C=O) groups excluding carboxylic acids is 3. The van der Waals surface area contributed by atoms with Crippen molar-refractivity contribution in [3.63, 3.8) is 0 Å². The first-order valence-electron chi connectivity index (χ1n) is 13.8. The maximum absolute atomic E-state index is 13.9. The first-order chi connectivity index (χ1) is 18.7. The van der Waals surface area contributed by atoms with Gasteiger partial charge in [0.1, 0.15) is 24.4 Å². The fraction of sp³-hybridized carbons (Fsp3) is 0.500. The summed E-state index contributed by atoms with van der Waals surface area (Å²) in [5.74, 6) is -0.604. The lowest BCUT2D eigenvalue weighted by Crippen LogP contribution is -2.62. The van der Waals surface area contributed by atoms with Crippen molar-refractivity contribution in [3.8, 4) is 5.75 Å². The van der Waals surface area contributed by atoms with E-state index in [1.165, 1.54) is 0 Å².